The summed E-state index contributed by atoms with van der Waals surface area (Å²) in [6, 6.07) is 0. The van der Waals surface area contributed by atoms with Crippen LogP contribution in [-0.2, 0) is 14.3 Å². The first kappa shape index (κ1) is 11.6. The van der Waals surface area contributed by atoms with Gasteiger partial charge in [-0.15, -0.1) is 0 Å². The van der Waals surface area contributed by atoms with Crippen molar-refractivity contribution in [2.75, 3.05) is 7.11 Å². The molecule has 0 N–H and O–H groups in total. The number of methoxy groups -OCH3 is 1. The molecule has 2 rings (SSSR count). The van der Waals surface area contributed by atoms with Crippen LogP contribution in [-0.4, -0.2) is 25.3 Å². The average Bonchev–Trinajstić information content (AvgIpc) is 2.39. The Labute approximate surface area is 96.8 Å². The van der Waals surface area contributed by atoms with Crippen molar-refractivity contribution in [1.82, 2.24) is 0 Å². The van der Waals surface area contributed by atoms with Gasteiger partial charge in [0.25, 0.3) is 0 Å². The molecule has 0 aromatic heterocycles. The van der Waals surface area contributed by atoms with Gasteiger partial charge < -0.3 is 9.47 Å². The van der Waals surface area contributed by atoms with Crippen LogP contribution in [0.2, 0.25) is 0 Å². The minimum absolute atomic E-state index is 0.217. The van der Waals surface area contributed by atoms with Gasteiger partial charge in [-0.1, -0.05) is 25.3 Å². The molecule has 0 bridgehead atoms. The quantitative estimate of drug-likeness (QED) is 0.534. The van der Waals surface area contributed by atoms with Crippen LogP contribution >= 0.6 is 0 Å². The number of hydrogen-bond donors (Lipinski definition) is 0. The van der Waals surface area contributed by atoms with Crippen LogP contribution in [0.1, 0.15) is 38.5 Å². The highest BCUT2D eigenvalue weighted by atomic mass is 16.6. The molecule has 0 unspecified atom stereocenters. The highest BCUT2D eigenvalue weighted by Gasteiger charge is 2.30. The van der Waals surface area contributed by atoms with Crippen molar-refractivity contribution in [3.8, 4) is 0 Å². The smallest absolute Gasteiger partial charge is 0.339 e. The predicted octanol–water partition coefficient (Wildman–Crippen LogP) is 2.45. The van der Waals surface area contributed by atoms with Crippen molar-refractivity contribution in [3.05, 3.63) is 12.2 Å². The Hall–Kier alpha value is -0.830. The van der Waals surface area contributed by atoms with E-state index < -0.39 is 6.10 Å². The van der Waals surface area contributed by atoms with E-state index in [4.69, 9.17) is 9.47 Å². The van der Waals surface area contributed by atoms with Gasteiger partial charge in [-0.25, -0.2) is 4.79 Å². The van der Waals surface area contributed by atoms with Crippen LogP contribution in [0.4, 0.5) is 0 Å². The first-order valence-electron chi connectivity index (χ1n) is 6.21. The molecule has 1 fully saturated rings. The van der Waals surface area contributed by atoms with Crippen molar-refractivity contribution < 1.29 is 14.3 Å². The molecule has 0 amide bonds. The van der Waals surface area contributed by atoms with Crippen molar-refractivity contribution in [2.24, 2.45) is 5.92 Å². The van der Waals surface area contributed by atoms with E-state index in [1.165, 1.54) is 39.2 Å². The normalized spacial score (nSPS) is 31.3. The topological polar surface area (TPSA) is 35.5 Å². The van der Waals surface area contributed by atoms with Crippen LogP contribution in [0.5, 0.6) is 0 Å². The third kappa shape index (κ3) is 2.64. The maximum Gasteiger partial charge on any atom is 0.339 e. The Morgan fingerprint density at radius 1 is 1.31 bits per heavy atom. The molecule has 16 heavy (non-hydrogen) atoms. The zero-order chi connectivity index (χ0) is 11.4. The highest BCUT2D eigenvalue weighted by molar-refractivity contribution is 5.76. The van der Waals surface area contributed by atoms with Crippen LogP contribution in [0.15, 0.2) is 12.2 Å². The summed E-state index contributed by atoms with van der Waals surface area (Å²) < 4.78 is 10.5. The van der Waals surface area contributed by atoms with E-state index in [-0.39, 0.29) is 12.1 Å². The summed E-state index contributed by atoms with van der Waals surface area (Å²) in [5.74, 6) is 0.350. The molecular weight excluding hydrogens is 204 g/mol. The van der Waals surface area contributed by atoms with Gasteiger partial charge >= 0.3 is 5.97 Å². The highest BCUT2D eigenvalue weighted by Crippen LogP contribution is 2.31. The lowest BCUT2D eigenvalue weighted by Crippen LogP contribution is -2.36. The van der Waals surface area contributed by atoms with Gasteiger partial charge in [-0.05, 0) is 31.3 Å². The monoisotopic (exact) mass is 224 g/mol. The lowest BCUT2D eigenvalue weighted by Gasteiger charge is -2.33. The summed E-state index contributed by atoms with van der Waals surface area (Å²) in [6.45, 7) is 0. The second kappa shape index (κ2) is 5.48. The SMILES string of the molecule is COC(=O)[C@H]1C=CC[C@H](C2CCCCC2)O1. The fourth-order valence-electron chi connectivity index (χ4n) is 2.69. The summed E-state index contributed by atoms with van der Waals surface area (Å²) in [4.78, 5) is 11.4. The Morgan fingerprint density at radius 3 is 2.75 bits per heavy atom. The third-order valence-electron chi connectivity index (χ3n) is 3.61. The molecule has 0 saturated heterocycles. The van der Waals surface area contributed by atoms with Crippen LogP contribution in [0.25, 0.3) is 0 Å². The summed E-state index contributed by atoms with van der Waals surface area (Å²) in [5, 5.41) is 0. The lowest BCUT2D eigenvalue weighted by atomic mass is 9.83. The van der Waals surface area contributed by atoms with Gasteiger partial charge in [0, 0.05) is 0 Å². The van der Waals surface area contributed by atoms with Gasteiger partial charge in [-0.3, -0.25) is 0 Å². The van der Waals surface area contributed by atoms with E-state index in [0.29, 0.717) is 5.92 Å². The van der Waals surface area contributed by atoms with Gasteiger partial charge in [0.05, 0.1) is 13.2 Å². The van der Waals surface area contributed by atoms with Gasteiger partial charge in [0.1, 0.15) is 0 Å². The molecule has 2 atom stereocenters. The number of esters is 1. The summed E-state index contributed by atoms with van der Waals surface area (Å²) >= 11 is 0. The van der Waals surface area contributed by atoms with Crippen LogP contribution < -0.4 is 0 Å². The Morgan fingerprint density at radius 2 is 2.06 bits per heavy atom. The zero-order valence-corrected chi connectivity index (χ0v) is 9.85. The van der Waals surface area contributed by atoms with Crippen LogP contribution in [0.3, 0.4) is 0 Å². The molecule has 3 heteroatoms. The number of carbonyl (C=O) groups is 1. The van der Waals surface area contributed by atoms with Crippen molar-refractivity contribution in [3.63, 3.8) is 0 Å². The molecule has 0 spiro atoms. The molecule has 0 aromatic rings. The molecule has 2 aliphatic rings. The summed E-state index contributed by atoms with van der Waals surface area (Å²) in [7, 11) is 1.41. The average molecular weight is 224 g/mol. The molecule has 90 valence electrons. The standard InChI is InChI=1S/C13H20O3/c1-15-13(14)12-9-5-8-11(16-12)10-6-3-2-4-7-10/h5,9-12H,2-4,6-8H2,1H3/t11-,12-/m1/s1. The van der Waals surface area contributed by atoms with E-state index in [1.807, 2.05) is 6.08 Å². The van der Waals surface area contributed by atoms with Gasteiger partial charge in [-0.2, -0.15) is 0 Å². The molecular formula is C13H20O3. The Balaban J connectivity index is 1.92. The Kier molecular flexibility index (Phi) is 3.99. The summed E-state index contributed by atoms with van der Waals surface area (Å²) in [5.41, 5.74) is 0. The number of hydrogen-bond acceptors (Lipinski definition) is 3. The van der Waals surface area contributed by atoms with Crippen molar-refractivity contribution >= 4 is 5.97 Å². The largest absolute Gasteiger partial charge is 0.467 e. The van der Waals surface area contributed by atoms with E-state index in [1.54, 1.807) is 0 Å². The molecule has 1 aliphatic carbocycles. The maximum atomic E-state index is 11.4. The maximum absolute atomic E-state index is 11.4. The second-order valence-electron chi connectivity index (χ2n) is 4.68. The van der Waals surface area contributed by atoms with Crippen molar-refractivity contribution in [2.45, 2.75) is 50.7 Å². The van der Waals surface area contributed by atoms with Crippen molar-refractivity contribution in [1.29, 1.82) is 0 Å². The van der Waals surface area contributed by atoms with E-state index in [0.717, 1.165) is 6.42 Å². The van der Waals surface area contributed by atoms with E-state index >= 15 is 0 Å². The Bertz CT molecular complexity index is 266. The number of rotatable bonds is 2. The molecule has 3 nitrogen and oxygen atoms in total. The first-order valence-corrected chi connectivity index (χ1v) is 6.21. The summed E-state index contributed by atoms with van der Waals surface area (Å²) in [6.07, 6.45) is 11.0. The number of ether oxygens (including phenoxy) is 2. The minimum Gasteiger partial charge on any atom is -0.467 e. The lowest BCUT2D eigenvalue weighted by molar-refractivity contribution is -0.157. The number of carbonyl (C=O) groups excluding carboxylic acids is 1. The third-order valence-corrected chi connectivity index (χ3v) is 3.61. The zero-order valence-electron chi connectivity index (χ0n) is 9.85. The van der Waals surface area contributed by atoms with E-state index in [2.05, 4.69) is 6.08 Å². The fraction of sp³-hybridized carbons (Fsp3) is 0.769. The van der Waals surface area contributed by atoms with Crippen LogP contribution in [0, 0.1) is 5.92 Å². The molecule has 0 aromatic carbocycles. The fourth-order valence-corrected chi connectivity index (χ4v) is 2.69. The van der Waals surface area contributed by atoms with Gasteiger partial charge in [0.2, 0.25) is 0 Å². The first-order chi connectivity index (χ1) is 7.81. The molecule has 1 saturated carbocycles. The second-order valence-corrected chi connectivity index (χ2v) is 4.68. The van der Waals surface area contributed by atoms with E-state index in [9.17, 15) is 4.79 Å². The van der Waals surface area contributed by atoms with Gasteiger partial charge in [0.15, 0.2) is 6.10 Å². The molecule has 0 radical (unpaired) electrons. The molecule has 1 aliphatic heterocycles. The predicted molar refractivity (Wildman–Crippen MR) is 61.0 cm³/mol. The minimum atomic E-state index is -0.481. The molecule has 1 heterocycles.